The van der Waals surface area contributed by atoms with Crippen molar-refractivity contribution < 1.29 is 18.0 Å². The number of sulfone groups is 1. The van der Waals surface area contributed by atoms with Gasteiger partial charge in [0.05, 0.1) is 21.2 Å². The maximum absolute atomic E-state index is 12.4. The van der Waals surface area contributed by atoms with Gasteiger partial charge in [0.1, 0.15) is 6.54 Å². The van der Waals surface area contributed by atoms with Gasteiger partial charge in [0.25, 0.3) is 0 Å². The highest BCUT2D eigenvalue weighted by atomic mass is 35.5. The molecule has 0 saturated carbocycles. The van der Waals surface area contributed by atoms with E-state index in [2.05, 4.69) is 0 Å². The van der Waals surface area contributed by atoms with Gasteiger partial charge < -0.3 is 4.84 Å². The fourth-order valence-electron chi connectivity index (χ4n) is 2.47. The SMILES string of the molecule is Cc1cc(Cl)cc2c1ON(c1ccc(S(C)(=O)=O)cc1Cl)CC2=O. The molecule has 0 fully saturated rings. The lowest BCUT2D eigenvalue weighted by molar-refractivity contribution is 0.0941. The number of anilines is 1. The van der Waals surface area contributed by atoms with Crippen molar-refractivity contribution in [3.05, 3.63) is 51.5 Å². The van der Waals surface area contributed by atoms with Crippen LogP contribution in [0.5, 0.6) is 5.75 Å². The van der Waals surface area contributed by atoms with E-state index in [1.54, 1.807) is 19.1 Å². The van der Waals surface area contributed by atoms with E-state index in [9.17, 15) is 13.2 Å². The summed E-state index contributed by atoms with van der Waals surface area (Å²) < 4.78 is 23.2. The predicted molar refractivity (Wildman–Crippen MR) is 93.1 cm³/mol. The topological polar surface area (TPSA) is 63.7 Å². The number of nitrogens with zero attached hydrogens (tertiary/aromatic N) is 1. The van der Waals surface area contributed by atoms with E-state index in [0.29, 0.717) is 22.0 Å². The van der Waals surface area contributed by atoms with Gasteiger partial charge in [-0.3, -0.25) is 4.79 Å². The number of carbonyl (C=O) groups excluding carboxylic acids is 1. The molecule has 0 aromatic heterocycles. The van der Waals surface area contributed by atoms with Crippen molar-refractivity contribution in [3.63, 3.8) is 0 Å². The number of rotatable bonds is 2. The van der Waals surface area contributed by atoms with Gasteiger partial charge >= 0.3 is 0 Å². The summed E-state index contributed by atoms with van der Waals surface area (Å²) in [7, 11) is -3.37. The molecule has 24 heavy (non-hydrogen) atoms. The Morgan fingerprint density at radius 2 is 1.88 bits per heavy atom. The van der Waals surface area contributed by atoms with Gasteiger partial charge in [0, 0.05) is 11.3 Å². The molecule has 0 saturated heterocycles. The number of hydrogen-bond acceptors (Lipinski definition) is 5. The van der Waals surface area contributed by atoms with Gasteiger partial charge in [-0.2, -0.15) is 0 Å². The summed E-state index contributed by atoms with van der Waals surface area (Å²) in [5.41, 5.74) is 1.55. The van der Waals surface area contributed by atoms with Crippen LogP contribution in [0.3, 0.4) is 0 Å². The molecular weight excluding hydrogens is 373 g/mol. The molecule has 0 atom stereocenters. The monoisotopic (exact) mass is 385 g/mol. The summed E-state index contributed by atoms with van der Waals surface area (Å²) in [4.78, 5) is 18.3. The zero-order valence-electron chi connectivity index (χ0n) is 12.8. The van der Waals surface area contributed by atoms with Crippen molar-refractivity contribution in [2.75, 3.05) is 17.9 Å². The molecule has 0 spiro atoms. The third kappa shape index (κ3) is 3.09. The number of aryl methyl sites for hydroxylation is 1. The molecule has 3 rings (SSSR count). The highest BCUT2D eigenvalue weighted by Gasteiger charge is 2.28. The number of hydrogen-bond donors (Lipinski definition) is 0. The minimum Gasteiger partial charge on any atom is -0.378 e. The van der Waals surface area contributed by atoms with Crippen LogP contribution in [0.2, 0.25) is 10.0 Å². The molecule has 1 aliphatic rings. The minimum atomic E-state index is -3.37. The molecule has 0 radical (unpaired) electrons. The number of Topliss-reactive ketones (excluding diaryl/α,β-unsaturated/α-hetero) is 1. The Bertz CT molecular complexity index is 957. The molecule has 126 valence electrons. The summed E-state index contributed by atoms with van der Waals surface area (Å²) in [6, 6.07) is 7.55. The van der Waals surface area contributed by atoms with E-state index < -0.39 is 9.84 Å². The third-order valence-corrected chi connectivity index (χ3v) is 5.28. The predicted octanol–water partition coefficient (Wildman–Crippen LogP) is 3.70. The molecule has 1 aliphatic heterocycles. The first-order valence-electron chi connectivity index (χ1n) is 6.95. The molecule has 2 aromatic rings. The van der Waals surface area contributed by atoms with Crippen LogP contribution in [0.4, 0.5) is 5.69 Å². The Labute approximate surface area is 149 Å². The van der Waals surface area contributed by atoms with Crippen LogP contribution in [-0.2, 0) is 9.84 Å². The largest absolute Gasteiger partial charge is 0.378 e. The van der Waals surface area contributed by atoms with Crippen molar-refractivity contribution >= 4 is 44.5 Å². The second-order valence-corrected chi connectivity index (χ2v) is 8.40. The van der Waals surface area contributed by atoms with Crippen molar-refractivity contribution in [2.45, 2.75) is 11.8 Å². The molecular formula is C16H13Cl2NO4S. The molecule has 0 aliphatic carbocycles. The quantitative estimate of drug-likeness (QED) is 0.788. The Balaban J connectivity index is 2.02. The van der Waals surface area contributed by atoms with Gasteiger partial charge in [0.15, 0.2) is 21.4 Å². The number of halogens is 2. The standard InChI is InChI=1S/C16H13Cl2NO4S/c1-9-5-10(17)6-12-15(20)8-19(23-16(9)12)14-4-3-11(7-13(14)18)24(2,21)22/h3-7H,8H2,1-2H3. The number of carbonyl (C=O) groups is 1. The van der Waals surface area contributed by atoms with E-state index in [1.165, 1.54) is 23.3 Å². The van der Waals surface area contributed by atoms with Crippen LogP contribution in [0, 0.1) is 6.92 Å². The Hall–Kier alpha value is -1.76. The van der Waals surface area contributed by atoms with Gasteiger partial charge in [0.2, 0.25) is 0 Å². The Morgan fingerprint density at radius 1 is 1.17 bits per heavy atom. The first kappa shape index (κ1) is 17.1. The van der Waals surface area contributed by atoms with E-state index in [1.807, 2.05) is 0 Å². The third-order valence-electron chi connectivity index (χ3n) is 3.64. The zero-order chi connectivity index (χ0) is 17.6. The van der Waals surface area contributed by atoms with Crippen molar-refractivity contribution in [1.29, 1.82) is 0 Å². The minimum absolute atomic E-state index is 0.0509. The number of ketones is 1. The normalized spacial score (nSPS) is 14.3. The molecule has 8 heteroatoms. The summed E-state index contributed by atoms with van der Waals surface area (Å²) in [5, 5.41) is 1.99. The average molecular weight is 386 g/mol. The van der Waals surface area contributed by atoms with Crippen LogP contribution < -0.4 is 9.90 Å². The van der Waals surface area contributed by atoms with Crippen LogP contribution in [-0.4, -0.2) is 27.0 Å². The van der Waals surface area contributed by atoms with Crippen LogP contribution in [0.1, 0.15) is 15.9 Å². The summed E-state index contributed by atoms with van der Waals surface area (Å²) >= 11 is 12.2. The van der Waals surface area contributed by atoms with Crippen molar-refractivity contribution in [1.82, 2.24) is 0 Å². The highest BCUT2D eigenvalue weighted by molar-refractivity contribution is 7.90. The van der Waals surface area contributed by atoms with Gasteiger partial charge in [-0.15, -0.1) is 0 Å². The molecule has 0 N–H and O–H groups in total. The van der Waals surface area contributed by atoms with Crippen molar-refractivity contribution in [3.8, 4) is 5.75 Å². The molecule has 0 bridgehead atoms. The molecule has 1 heterocycles. The maximum Gasteiger partial charge on any atom is 0.189 e. The van der Waals surface area contributed by atoms with Gasteiger partial charge in [-0.25, -0.2) is 13.5 Å². The summed E-state index contributed by atoms with van der Waals surface area (Å²) in [6.07, 6.45) is 1.10. The second-order valence-electron chi connectivity index (χ2n) is 5.54. The Morgan fingerprint density at radius 3 is 2.50 bits per heavy atom. The number of benzene rings is 2. The van der Waals surface area contributed by atoms with E-state index in [0.717, 1.165) is 11.8 Å². The highest BCUT2D eigenvalue weighted by Crippen LogP contribution is 2.36. The fraction of sp³-hybridized carbons (Fsp3) is 0.188. The van der Waals surface area contributed by atoms with Gasteiger partial charge in [-0.1, -0.05) is 23.2 Å². The molecule has 2 aromatic carbocycles. The van der Waals surface area contributed by atoms with Crippen LogP contribution in [0.15, 0.2) is 35.2 Å². The molecule has 5 nitrogen and oxygen atoms in total. The lowest BCUT2D eigenvalue weighted by Gasteiger charge is -2.30. The summed E-state index contributed by atoms with van der Waals surface area (Å²) in [5.74, 6) is 0.254. The Kier molecular flexibility index (Phi) is 4.23. The molecule has 0 unspecified atom stereocenters. The lowest BCUT2D eigenvalue weighted by Crippen LogP contribution is -2.38. The lowest BCUT2D eigenvalue weighted by atomic mass is 10.0. The fourth-order valence-corrected chi connectivity index (χ4v) is 3.73. The van der Waals surface area contributed by atoms with E-state index in [4.69, 9.17) is 28.0 Å². The average Bonchev–Trinajstić information content (AvgIpc) is 2.47. The van der Waals surface area contributed by atoms with Crippen LogP contribution in [0.25, 0.3) is 0 Å². The number of fused-ring (bicyclic) bond motifs is 1. The van der Waals surface area contributed by atoms with E-state index in [-0.39, 0.29) is 22.2 Å². The zero-order valence-corrected chi connectivity index (χ0v) is 15.2. The first-order chi connectivity index (χ1) is 11.2. The summed E-state index contributed by atoms with van der Waals surface area (Å²) in [6.45, 7) is 1.74. The first-order valence-corrected chi connectivity index (χ1v) is 9.60. The smallest absolute Gasteiger partial charge is 0.189 e. The number of hydroxylamine groups is 1. The van der Waals surface area contributed by atoms with Gasteiger partial charge in [-0.05, 0) is 42.8 Å². The van der Waals surface area contributed by atoms with E-state index >= 15 is 0 Å². The maximum atomic E-state index is 12.4. The van der Waals surface area contributed by atoms with Crippen molar-refractivity contribution in [2.24, 2.45) is 0 Å². The second kappa shape index (κ2) is 5.95. The van der Waals surface area contributed by atoms with Crippen LogP contribution >= 0.6 is 23.2 Å². The molecule has 0 amide bonds.